The van der Waals surface area contributed by atoms with Crippen LogP contribution in [0.25, 0.3) is 10.9 Å². The molecule has 20 heavy (non-hydrogen) atoms. The van der Waals surface area contributed by atoms with E-state index in [0.717, 1.165) is 47.8 Å². The number of benzene rings is 1. The van der Waals surface area contributed by atoms with E-state index in [4.69, 9.17) is 5.73 Å². The fraction of sp³-hybridized carbons (Fsp3) is 0.471. The van der Waals surface area contributed by atoms with Gasteiger partial charge in [-0.3, -0.25) is 4.98 Å². The van der Waals surface area contributed by atoms with Crippen LogP contribution in [0.1, 0.15) is 43.0 Å². The van der Waals surface area contributed by atoms with E-state index < -0.39 is 6.10 Å². The largest absolute Gasteiger partial charge is 0.388 e. The van der Waals surface area contributed by atoms with Gasteiger partial charge in [-0.25, -0.2) is 0 Å². The van der Waals surface area contributed by atoms with Crippen molar-refractivity contribution in [2.75, 3.05) is 6.54 Å². The quantitative estimate of drug-likeness (QED) is 0.901. The highest BCUT2D eigenvalue weighted by atomic mass is 16.3. The molecule has 1 fully saturated rings. The Kier molecular flexibility index (Phi) is 3.48. The first kappa shape index (κ1) is 13.5. The lowest BCUT2D eigenvalue weighted by Gasteiger charge is -2.34. The summed E-state index contributed by atoms with van der Waals surface area (Å²) in [6.07, 6.45) is 3.86. The number of aliphatic hydroxyl groups excluding tert-OH is 1. The van der Waals surface area contributed by atoms with Crippen molar-refractivity contribution in [2.45, 2.75) is 38.7 Å². The van der Waals surface area contributed by atoms with Gasteiger partial charge in [-0.2, -0.15) is 0 Å². The van der Waals surface area contributed by atoms with Crippen molar-refractivity contribution in [1.82, 2.24) is 4.98 Å². The minimum atomic E-state index is -0.499. The number of fused-ring (bicyclic) bond motifs is 1. The van der Waals surface area contributed by atoms with Crippen LogP contribution in [0.15, 0.2) is 30.3 Å². The van der Waals surface area contributed by atoms with E-state index in [1.807, 2.05) is 37.3 Å². The van der Waals surface area contributed by atoms with Gasteiger partial charge in [0.1, 0.15) is 0 Å². The molecular weight excluding hydrogens is 248 g/mol. The molecule has 3 nitrogen and oxygen atoms in total. The van der Waals surface area contributed by atoms with Crippen molar-refractivity contribution in [3.05, 3.63) is 41.6 Å². The van der Waals surface area contributed by atoms with Crippen LogP contribution < -0.4 is 5.73 Å². The predicted octanol–water partition coefficient (Wildman–Crippen LogP) is 3.10. The molecule has 0 aliphatic heterocycles. The number of aryl methyl sites for hydroxylation is 1. The topological polar surface area (TPSA) is 59.1 Å². The predicted molar refractivity (Wildman–Crippen MR) is 81.4 cm³/mol. The number of nitrogens with two attached hydrogens (primary N) is 1. The lowest BCUT2D eigenvalue weighted by molar-refractivity contribution is 0.0344. The molecular formula is C17H22N2O. The monoisotopic (exact) mass is 270 g/mol. The van der Waals surface area contributed by atoms with E-state index in [-0.39, 0.29) is 5.41 Å². The van der Waals surface area contributed by atoms with Crippen molar-refractivity contribution < 1.29 is 5.11 Å². The molecule has 3 N–H and O–H groups in total. The zero-order valence-electron chi connectivity index (χ0n) is 12.0. The summed E-state index contributed by atoms with van der Waals surface area (Å²) in [4.78, 5) is 4.55. The normalized spacial score (nSPS) is 19.4. The molecule has 2 aromatic rings. The van der Waals surface area contributed by atoms with Gasteiger partial charge >= 0.3 is 0 Å². The maximum atomic E-state index is 11.0. The molecule has 1 saturated carbocycles. The number of aliphatic hydroxyl groups is 1. The van der Waals surface area contributed by atoms with Gasteiger partial charge in [0.25, 0.3) is 0 Å². The summed E-state index contributed by atoms with van der Waals surface area (Å²) < 4.78 is 0. The molecule has 1 heterocycles. The van der Waals surface area contributed by atoms with E-state index in [2.05, 4.69) is 4.98 Å². The smallest absolute Gasteiger partial charge is 0.0865 e. The lowest BCUT2D eigenvalue weighted by Crippen LogP contribution is -2.34. The summed E-state index contributed by atoms with van der Waals surface area (Å²) in [5, 5.41) is 12.0. The molecule has 1 aliphatic carbocycles. The summed E-state index contributed by atoms with van der Waals surface area (Å²) in [6, 6.07) is 10.0. The van der Waals surface area contributed by atoms with Gasteiger partial charge in [0.05, 0.1) is 11.6 Å². The first-order valence-corrected chi connectivity index (χ1v) is 7.41. The Labute approximate surface area is 119 Å². The van der Waals surface area contributed by atoms with Gasteiger partial charge in [0, 0.05) is 23.0 Å². The minimum absolute atomic E-state index is 0.156. The molecule has 1 atom stereocenters. The van der Waals surface area contributed by atoms with Crippen LogP contribution in [0.4, 0.5) is 0 Å². The fourth-order valence-electron chi connectivity index (χ4n) is 3.56. The lowest BCUT2D eigenvalue weighted by atomic mass is 9.76. The summed E-state index contributed by atoms with van der Waals surface area (Å²) in [6.45, 7) is 2.52. The van der Waals surface area contributed by atoms with Crippen molar-refractivity contribution >= 4 is 10.9 Å². The van der Waals surface area contributed by atoms with Crippen molar-refractivity contribution in [3.63, 3.8) is 0 Å². The van der Waals surface area contributed by atoms with Crippen LogP contribution >= 0.6 is 0 Å². The van der Waals surface area contributed by atoms with Gasteiger partial charge in [0.2, 0.25) is 0 Å². The number of hydrogen-bond acceptors (Lipinski definition) is 3. The highest BCUT2D eigenvalue weighted by Gasteiger charge is 2.40. The van der Waals surface area contributed by atoms with Gasteiger partial charge in [0.15, 0.2) is 0 Å². The highest BCUT2D eigenvalue weighted by Crippen LogP contribution is 2.48. The molecule has 1 aliphatic rings. The van der Waals surface area contributed by atoms with E-state index in [0.29, 0.717) is 6.54 Å². The van der Waals surface area contributed by atoms with Crippen LogP contribution in [-0.2, 0) is 0 Å². The standard InChI is InChI=1S/C17H22N2O/c1-12-10-14(13-6-2-3-7-15(13)19-12)16(20)17(11-18)8-4-5-9-17/h2-3,6-7,10,16,20H,4-5,8-9,11,18H2,1H3. The fourth-order valence-corrected chi connectivity index (χ4v) is 3.56. The minimum Gasteiger partial charge on any atom is -0.388 e. The molecule has 106 valence electrons. The molecule has 0 amide bonds. The van der Waals surface area contributed by atoms with Crippen LogP contribution in [0.2, 0.25) is 0 Å². The molecule has 1 unspecified atom stereocenters. The van der Waals surface area contributed by atoms with E-state index in [1.165, 1.54) is 0 Å². The van der Waals surface area contributed by atoms with Gasteiger partial charge in [-0.15, -0.1) is 0 Å². The summed E-state index contributed by atoms with van der Waals surface area (Å²) in [5.74, 6) is 0. The molecule has 1 aromatic carbocycles. The number of aromatic nitrogens is 1. The maximum absolute atomic E-state index is 11.0. The second-order valence-electron chi connectivity index (χ2n) is 6.05. The number of pyridine rings is 1. The maximum Gasteiger partial charge on any atom is 0.0865 e. The van der Waals surface area contributed by atoms with Gasteiger partial charge < -0.3 is 10.8 Å². The summed E-state index contributed by atoms with van der Waals surface area (Å²) >= 11 is 0. The van der Waals surface area contributed by atoms with Crippen LogP contribution in [-0.4, -0.2) is 16.6 Å². The van der Waals surface area contributed by atoms with Crippen molar-refractivity contribution in [3.8, 4) is 0 Å². The Balaban J connectivity index is 2.13. The van der Waals surface area contributed by atoms with E-state index in [1.54, 1.807) is 0 Å². The number of hydrogen-bond donors (Lipinski definition) is 2. The Morgan fingerprint density at radius 2 is 2.00 bits per heavy atom. The molecule has 0 radical (unpaired) electrons. The third-order valence-electron chi connectivity index (χ3n) is 4.76. The molecule has 0 saturated heterocycles. The van der Waals surface area contributed by atoms with Gasteiger partial charge in [-0.1, -0.05) is 31.0 Å². The Hall–Kier alpha value is -1.45. The average Bonchev–Trinajstić information content (AvgIpc) is 2.95. The molecule has 3 heteroatoms. The van der Waals surface area contributed by atoms with Crippen LogP contribution in [0, 0.1) is 12.3 Å². The Bertz CT molecular complexity index is 617. The summed E-state index contributed by atoms with van der Waals surface area (Å²) in [7, 11) is 0. The van der Waals surface area contributed by atoms with Crippen LogP contribution in [0.3, 0.4) is 0 Å². The van der Waals surface area contributed by atoms with Crippen molar-refractivity contribution in [2.24, 2.45) is 11.1 Å². The molecule has 0 spiro atoms. The van der Waals surface area contributed by atoms with E-state index in [9.17, 15) is 5.11 Å². The average molecular weight is 270 g/mol. The Morgan fingerprint density at radius 3 is 2.70 bits per heavy atom. The second-order valence-corrected chi connectivity index (χ2v) is 6.05. The Morgan fingerprint density at radius 1 is 1.30 bits per heavy atom. The molecule has 0 bridgehead atoms. The number of rotatable bonds is 3. The number of nitrogens with zero attached hydrogens (tertiary/aromatic N) is 1. The zero-order chi connectivity index (χ0) is 14.2. The second kappa shape index (κ2) is 5.15. The first-order valence-electron chi connectivity index (χ1n) is 7.41. The summed E-state index contributed by atoms with van der Waals surface area (Å²) in [5.41, 5.74) is 8.74. The highest BCUT2D eigenvalue weighted by molar-refractivity contribution is 5.82. The van der Waals surface area contributed by atoms with E-state index >= 15 is 0 Å². The van der Waals surface area contributed by atoms with Gasteiger partial charge in [-0.05, 0) is 37.5 Å². The molecule has 3 rings (SSSR count). The third kappa shape index (κ3) is 2.11. The number of para-hydroxylation sites is 1. The SMILES string of the molecule is Cc1cc(C(O)C2(CN)CCCC2)c2ccccc2n1. The zero-order valence-corrected chi connectivity index (χ0v) is 12.0. The van der Waals surface area contributed by atoms with Crippen LogP contribution in [0.5, 0.6) is 0 Å². The molecule has 1 aromatic heterocycles. The first-order chi connectivity index (χ1) is 9.66. The third-order valence-corrected chi connectivity index (χ3v) is 4.76. The van der Waals surface area contributed by atoms with Crippen molar-refractivity contribution in [1.29, 1.82) is 0 Å².